The fraction of sp³-hybridized carbons (Fsp3) is 0.417. The van der Waals surface area contributed by atoms with Crippen LogP contribution in [0.4, 0.5) is 0 Å². The van der Waals surface area contributed by atoms with Crippen molar-refractivity contribution < 1.29 is 23.1 Å². The van der Waals surface area contributed by atoms with E-state index in [2.05, 4.69) is 9.71 Å². The average molecular weight is 315 g/mol. The first-order valence-corrected chi connectivity index (χ1v) is 7.86. The van der Waals surface area contributed by atoms with Crippen LogP contribution in [0.1, 0.15) is 18.5 Å². The number of nitrogens with one attached hydrogen (secondary N) is 1. The van der Waals surface area contributed by atoms with Gasteiger partial charge in [-0.05, 0) is 18.6 Å². The molecule has 0 spiro atoms. The van der Waals surface area contributed by atoms with Gasteiger partial charge in [-0.25, -0.2) is 13.1 Å². The molecule has 1 aromatic heterocycles. The molecule has 1 amide bonds. The summed E-state index contributed by atoms with van der Waals surface area (Å²) in [5.41, 5.74) is 5.51. The van der Waals surface area contributed by atoms with Crippen molar-refractivity contribution in [2.24, 2.45) is 5.73 Å². The van der Waals surface area contributed by atoms with Crippen LogP contribution in [0.2, 0.25) is 0 Å². The highest BCUT2D eigenvalue weighted by Crippen LogP contribution is 2.03. The highest BCUT2D eigenvalue weighted by Gasteiger charge is 2.24. The number of sulfonamides is 1. The van der Waals surface area contributed by atoms with Gasteiger partial charge in [0.2, 0.25) is 15.9 Å². The van der Waals surface area contributed by atoms with Gasteiger partial charge in [0.15, 0.2) is 0 Å². The summed E-state index contributed by atoms with van der Waals surface area (Å²) in [5, 5.41) is 8.94. The van der Waals surface area contributed by atoms with Gasteiger partial charge < -0.3 is 10.8 Å². The van der Waals surface area contributed by atoms with Crippen LogP contribution in [-0.4, -0.2) is 42.2 Å². The quantitative estimate of drug-likeness (QED) is 0.548. The third-order valence-corrected chi connectivity index (χ3v) is 4.04. The minimum atomic E-state index is -3.79. The zero-order chi connectivity index (χ0) is 15.9. The molecule has 1 aromatic rings. The summed E-state index contributed by atoms with van der Waals surface area (Å²) < 4.78 is 25.7. The fourth-order valence-corrected chi connectivity index (χ4v) is 2.83. The minimum Gasteiger partial charge on any atom is -0.480 e. The number of carboxylic acid groups (broad SMARTS) is 1. The van der Waals surface area contributed by atoms with Crippen LogP contribution >= 0.6 is 0 Å². The van der Waals surface area contributed by atoms with Crippen molar-refractivity contribution in [3.05, 3.63) is 30.1 Å². The highest BCUT2D eigenvalue weighted by molar-refractivity contribution is 7.89. The molecule has 1 atom stereocenters. The summed E-state index contributed by atoms with van der Waals surface area (Å²) in [6.07, 6.45) is 1.31. The number of hydrogen-bond acceptors (Lipinski definition) is 5. The number of pyridine rings is 1. The second-order valence-corrected chi connectivity index (χ2v) is 6.28. The number of hydrogen-bond donors (Lipinski definition) is 3. The van der Waals surface area contributed by atoms with Crippen LogP contribution < -0.4 is 10.5 Å². The van der Waals surface area contributed by atoms with Crippen LogP contribution in [0.3, 0.4) is 0 Å². The largest absolute Gasteiger partial charge is 0.480 e. The maximum atomic E-state index is 11.8. The van der Waals surface area contributed by atoms with Crippen LogP contribution in [0.5, 0.6) is 0 Å². The Morgan fingerprint density at radius 1 is 1.38 bits per heavy atom. The molecule has 21 heavy (non-hydrogen) atoms. The number of nitrogens with zero attached hydrogens (tertiary/aromatic N) is 1. The summed E-state index contributed by atoms with van der Waals surface area (Å²) >= 11 is 0. The van der Waals surface area contributed by atoms with E-state index in [4.69, 9.17) is 10.8 Å². The SMILES string of the molecule is NC(=O)CC[C@@H](NS(=O)(=O)CCc1ccccn1)C(=O)O. The second-order valence-electron chi connectivity index (χ2n) is 4.40. The number of carbonyl (C=O) groups excluding carboxylic acids is 1. The zero-order valence-electron chi connectivity index (χ0n) is 11.2. The first kappa shape index (κ1) is 17.1. The van der Waals surface area contributed by atoms with Crippen molar-refractivity contribution >= 4 is 21.9 Å². The van der Waals surface area contributed by atoms with E-state index in [1.54, 1.807) is 24.4 Å². The smallest absolute Gasteiger partial charge is 0.321 e. The van der Waals surface area contributed by atoms with Crippen molar-refractivity contribution in [1.82, 2.24) is 9.71 Å². The Bertz CT molecular complexity index is 588. The minimum absolute atomic E-state index is 0.165. The number of amides is 1. The van der Waals surface area contributed by atoms with Crippen LogP contribution in [0.15, 0.2) is 24.4 Å². The highest BCUT2D eigenvalue weighted by atomic mass is 32.2. The third-order valence-electron chi connectivity index (χ3n) is 2.65. The maximum absolute atomic E-state index is 11.8. The Morgan fingerprint density at radius 3 is 2.62 bits per heavy atom. The number of carboxylic acids is 1. The number of rotatable bonds is 9. The van der Waals surface area contributed by atoms with Gasteiger partial charge in [0.1, 0.15) is 6.04 Å². The van der Waals surface area contributed by atoms with E-state index >= 15 is 0 Å². The maximum Gasteiger partial charge on any atom is 0.321 e. The van der Waals surface area contributed by atoms with Gasteiger partial charge in [0.25, 0.3) is 0 Å². The zero-order valence-corrected chi connectivity index (χ0v) is 12.0. The molecule has 8 nitrogen and oxygen atoms in total. The first-order valence-electron chi connectivity index (χ1n) is 6.21. The van der Waals surface area contributed by atoms with E-state index < -0.39 is 27.9 Å². The summed E-state index contributed by atoms with van der Waals surface area (Å²) in [4.78, 5) is 25.6. The fourth-order valence-electron chi connectivity index (χ4n) is 1.58. The Morgan fingerprint density at radius 2 is 2.10 bits per heavy atom. The van der Waals surface area contributed by atoms with Gasteiger partial charge in [0, 0.05) is 24.7 Å². The van der Waals surface area contributed by atoms with Crippen LogP contribution in [0, 0.1) is 0 Å². The van der Waals surface area contributed by atoms with Gasteiger partial charge in [-0.15, -0.1) is 0 Å². The molecule has 0 aliphatic carbocycles. The van der Waals surface area contributed by atoms with Crippen LogP contribution in [-0.2, 0) is 26.0 Å². The van der Waals surface area contributed by atoms with Crippen molar-refractivity contribution in [1.29, 1.82) is 0 Å². The van der Waals surface area contributed by atoms with Gasteiger partial charge in [-0.1, -0.05) is 6.07 Å². The summed E-state index contributed by atoms with van der Waals surface area (Å²) in [6.45, 7) is 0. The molecule has 0 aliphatic rings. The van der Waals surface area contributed by atoms with Gasteiger partial charge in [0.05, 0.1) is 5.75 Å². The Kier molecular flexibility index (Phi) is 6.25. The molecule has 116 valence electrons. The number of aliphatic carboxylic acids is 1. The molecule has 0 fully saturated rings. The van der Waals surface area contributed by atoms with E-state index in [1.165, 1.54) is 0 Å². The number of primary amides is 1. The molecule has 0 saturated heterocycles. The van der Waals surface area contributed by atoms with Gasteiger partial charge in [-0.2, -0.15) is 0 Å². The lowest BCUT2D eigenvalue weighted by Crippen LogP contribution is -2.42. The molecule has 0 bridgehead atoms. The van der Waals surface area contributed by atoms with Gasteiger partial charge >= 0.3 is 5.97 Å². The Hall–Kier alpha value is -2.00. The van der Waals surface area contributed by atoms with E-state index in [0.717, 1.165) is 0 Å². The van der Waals surface area contributed by atoms with Crippen molar-refractivity contribution in [2.45, 2.75) is 25.3 Å². The van der Waals surface area contributed by atoms with E-state index in [1.807, 2.05) is 0 Å². The molecule has 1 heterocycles. The number of aromatic nitrogens is 1. The molecule has 1 rings (SSSR count). The summed E-state index contributed by atoms with van der Waals surface area (Å²) in [7, 11) is -3.79. The monoisotopic (exact) mass is 315 g/mol. The predicted octanol–water partition coefficient (Wildman–Crippen LogP) is -0.738. The number of aryl methyl sites for hydroxylation is 1. The molecule has 9 heteroatoms. The third kappa shape index (κ3) is 6.82. The van der Waals surface area contributed by atoms with Crippen molar-refractivity contribution in [3.63, 3.8) is 0 Å². The Balaban J connectivity index is 2.59. The summed E-state index contributed by atoms with van der Waals surface area (Å²) in [6, 6.07) is 3.75. The topological polar surface area (TPSA) is 139 Å². The number of nitrogens with two attached hydrogens (primary N) is 1. The first-order chi connectivity index (χ1) is 9.80. The average Bonchev–Trinajstić information content (AvgIpc) is 2.42. The normalized spacial score (nSPS) is 12.8. The lowest BCUT2D eigenvalue weighted by atomic mass is 10.2. The standard InChI is InChI=1S/C12H17N3O5S/c13-11(16)5-4-10(12(17)18)15-21(19,20)8-6-9-3-1-2-7-14-9/h1-3,7,10,15H,4-6,8H2,(H2,13,16)(H,17,18)/t10-/m1/s1. The lowest BCUT2D eigenvalue weighted by molar-refractivity contribution is -0.139. The molecular weight excluding hydrogens is 298 g/mol. The van der Waals surface area contributed by atoms with E-state index in [-0.39, 0.29) is 25.0 Å². The molecule has 0 radical (unpaired) electrons. The lowest BCUT2D eigenvalue weighted by Gasteiger charge is -2.13. The van der Waals surface area contributed by atoms with Gasteiger partial charge in [-0.3, -0.25) is 14.6 Å². The molecule has 0 aromatic carbocycles. The molecule has 4 N–H and O–H groups in total. The van der Waals surface area contributed by atoms with Crippen LogP contribution in [0.25, 0.3) is 0 Å². The predicted molar refractivity (Wildman–Crippen MR) is 74.7 cm³/mol. The van der Waals surface area contributed by atoms with E-state index in [9.17, 15) is 18.0 Å². The molecular formula is C12H17N3O5S. The summed E-state index contributed by atoms with van der Waals surface area (Å²) in [5.74, 6) is -2.32. The Labute approximate surface area is 122 Å². The molecule has 0 aliphatic heterocycles. The second kappa shape index (κ2) is 7.70. The van der Waals surface area contributed by atoms with E-state index in [0.29, 0.717) is 5.69 Å². The molecule has 0 unspecified atom stereocenters. The number of carbonyl (C=O) groups is 2. The van der Waals surface area contributed by atoms with Crippen molar-refractivity contribution in [3.8, 4) is 0 Å². The van der Waals surface area contributed by atoms with Crippen molar-refractivity contribution in [2.75, 3.05) is 5.75 Å². The molecule has 0 saturated carbocycles.